The SMILES string of the molecule is Cc1nc(NCc2nnc3ccccn23)c2cnn(-c3cccc(Cl)c3)c2n1. The molecule has 0 atom stereocenters. The summed E-state index contributed by atoms with van der Waals surface area (Å²) in [5.74, 6) is 2.13. The molecular formula is C19H15ClN8. The molecule has 138 valence electrons. The van der Waals surface area contributed by atoms with Gasteiger partial charge in [0.05, 0.1) is 23.8 Å². The fourth-order valence-electron chi connectivity index (χ4n) is 3.12. The molecule has 0 saturated heterocycles. The Morgan fingerprint density at radius 1 is 1.07 bits per heavy atom. The average Bonchev–Trinajstić information content (AvgIpc) is 3.30. The van der Waals surface area contributed by atoms with Crippen LogP contribution in [0.15, 0.2) is 54.9 Å². The highest BCUT2D eigenvalue weighted by molar-refractivity contribution is 6.30. The number of nitrogens with zero attached hydrogens (tertiary/aromatic N) is 7. The third-order valence-corrected chi connectivity index (χ3v) is 4.63. The van der Waals surface area contributed by atoms with Crippen molar-refractivity contribution in [2.45, 2.75) is 13.5 Å². The second kappa shape index (κ2) is 6.58. The molecule has 9 heteroatoms. The number of anilines is 1. The molecule has 0 unspecified atom stereocenters. The highest BCUT2D eigenvalue weighted by Crippen LogP contribution is 2.24. The minimum absolute atomic E-state index is 0.471. The van der Waals surface area contributed by atoms with Gasteiger partial charge in [-0.25, -0.2) is 14.6 Å². The number of hydrogen-bond donors (Lipinski definition) is 1. The molecule has 0 amide bonds. The lowest BCUT2D eigenvalue weighted by atomic mass is 10.3. The average molecular weight is 391 g/mol. The molecule has 5 aromatic rings. The van der Waals surface area contributed by atoms with Gasteiger partial charge in [-0.05, 0) is 37.3 Å². The van der Waals surface area contributed by atoms with E-state index in [4.69, 9.17) is 11.6 Å². The normalized spacial score (nSPS) is 11.4. The van der Waals surface area contributed by atoms with E-state index in [9.17, 15) is 0 Å². The molecule has 0 aliphatic rings. The molecular weight excluding hydrogens is 376 g/mol. The largest absolute Gasteiger partial charge is 0.362 e. The number of rotatable bonds is 4. The summed E-state index contributed by atoms with van der Waals surface area (Å²) in [5, 5.41) is 17.7. The lowest BCUT2D eigenvalue weighted by Gasteiger charge is -2.08. The van der Waals surface area contributed by atoms with E-state index < -0.39 is 0 Å². The molecule has 1 N–H and O–H groups in total. The lowest BCUT2D eigenvalue weighted by molar-refractivity contribution is 0.887. The summed E-state index contributed by atoms with van der Waals surface area (Å²) in [6.45, 7) is 2.32. The van der Waals surface area contributed by atoms with Crippen molar-refractivity contribution in [2.75, 3.05) is 5.32 Å². The lowest BCUT2D eigenvalue weighted by Crippen LogP contribution is -2.07. The van der Waals surface area contributed by atoms with Crippen LogP contribution in [0.3, 0.4) is 0 Å². The first-order chi connectivity index (χ1) is 13.7. The summed E-state index contributed by atoms with van der Waals surface area (Å²) in [7, 11) is 0. The van der Waals surface area contributed by atoms with E-state index in [0.29, 0.717) is 28.9 Å². The fourth-order valence-corrected chi connectivity index (χ4v) is 3.31. The smallest absolute Gasteiger partial charge is 0.168 e. The number of nitrogens with one attached hydrogen (secondary N) is 1. The zero-order valence-electron chi connectivity index (χ0n) is 14.9. The van der Waals surface area contributed by atoms with Gasteiger partial charge in [-0.15, -0.1) is 10.2 Å². The van der Waals surface area contributed by atoms with Gasteiger partial charge in [0.2, 0.25) is 0 Å². The topological polar surface area (TPSA) is 85.8 Å². The maximum absolute atomic E-state index is 6.13. The maximum atomic E-state index is 6.13. The Hall–Kier alpha value is -3.52. The summed E-state index contributed by atoms with van der Waals surface area (Å²) < 4.78 is 3.70. The van der Waals surface area contributed by atoms with Gasteiger partial charge >= 0.3 is 0 Å². The molecule has 0 radical (unpaired) electrons. The molecule has 4 heterocycles. The minimum Gasteiger partial charge on any atom is -0.362 e. The van der Waals surface area contributed by atoms with Crippen LogP contribution in [-0.2, 0) is 6.54 Å². The highest BCUT2D eigenvalue weighted by atomic mass is 35.5. The van der Waals surface area contributed by atoms with Gasteiger partial charge in [0.25, 0.3) is 0 Å². The quantitative estimate of drug-likeness (QED) is 0.506. The first-order valence-corrected chi connectivity index (χ1v) is 9.08. The van der Waals surface area contributed by atoms with Crippen LogP contribution >= 0.6 is 11.6 Å². The number of fused-ring (bicyclic) bond motifs is 2. The predicted octanol–water partition coefficient (Wildman–Crippen LogP) is 3.43. The van der Waals surface area contributed by atoms with E-state index in [1.165, 1.54) is 0 Å². The number of pyridine rings is 1. The molecule has 28 heavy (non-hydrogen) atoms. The molecule has 5 rings (SSSR count). The molecule has 0 saturated carbocycles. The van der Waals surface area contributed by atoms with Crippen LogP contribution < -0.4 is 5.32 Å². The number of aromatic nitrogens is 7. The summed E-state index contributed by atoms with van der Waals surface area (Å²) in [5.41, 5.74) is 2.36. The summed E-state index contributed by atoms with van der Waals surface area (Å²) in [6.07, 6.45) is 3.68. The maximum Gasteiger partial charge on any atom is 0.168 e. The fraction of sp³-hybridized carbons (Fsp3) is 0.105. The van der Waals surface area contributed by atoms with Crippen LogP contribution in [0.2, 0.25) is 5.02 Å². The minimum atomic E-state index is 0.471. The Morgan fingerprint density at radius 3 is 2.89 bits per heavy atom. The number of benzene rings is 1. The van der Waals surface area contributed by atoms with Crippen LogP contribution in [0, 0.1) is 6.92 Å². The van der Waals surface area contributed by atoms with Gasteiger partial charge in [0.1, 0.15) is 11.6 Å². The predicted molar refractivity (Wildman–Crippen MR) is 107 cm³/mol. The van der Waals surface area contributed by atoms with E-state index in [-0.39, 0.29) is 0 Å². The number of aryl methyl sites for hydroxylation is 1. The standard InChI is InChI=1S/C19H15ClN8/c1-12-23-18(21-11-17-26-25-16-7-2-3-8-27(16)17)15-10-22-28(19(15)24-12)14-6-4-5-13(20)9-14/h2-10H,11H2,1H3,(H,21,23,24). The Kier molecular flexibility index (Phi) is 3.91. The third-order valence-electron chi connectivity index (χ3n) is 4.39. The molecule has 0 aliphatic heterocycles. The Labute approximate surface area is 164 Å². The summed E-state index contributed by atoms with van der Waals surface area (Å²) >= 11 is 6.13. The molecule has 4 aromatic heterocycles. The van der Waals surface area contributed by atoms with Crippen molar-refractivity contribution in [3.8, 4) is 5.69 Å². The Bertz CT molecular complexity index is 1310. The number of halogens is 1. The van der Waals surface area contributed by atoms with E-state index in [2.05, 4.69) is 30.6 Å². The van der Waals surface area contributed by atoms with E-state index in [0.717, 1.165) is 22.5 Å². The van der Waals surface area contributed by atoms with Crippen LogP contribution in [-0.4, -0.2) is 34.3 Å². The van der Waals surface area contributed by atoms with Gasteiger partial charge in [-0.2, -0.15) is 5.10 Å². The zero-order valence-corrected chi connectivity index (χ0v) is 15.7. The van der Waals surface area contributed by atoms with E-state index >= 15 is 0 Å². The van der Waals surface area contributed by atoms with Crippen molar-refractivity contribution in [1.82, 2.24) is 34.3 Å². The number of hydrogen-bond acceptors (Lipinski definition) is 6. The van der Waals surface area contributed by atoms with Crippen molar-refractivity contribution < 1.29 is 0 Å². The zero-order chi connectivity index (χ0) is 19.1. The van der Waals surface area contributed by atoms with Crippen LogP contribution in [0.25, 0.3) is 22.4 Å². The van der Waals surface area contributed by atoms with Crippen molar-refractivity contribution >= 4 is 34.1 Å². The second-order valence-electron chi connectivity index (χ2n) is 6.29. The first kappa shape index (κ1) is 16.6. The molecule has 0 spiro atoms. The van der Waals surface area contributed by atoms with E-state index in [1.807, 2.05) is 60.0 Å². The van der Waals surface area contributed by atoms with Gasteiger partial charge < -0.3 is 5.32 Å². The van der Waals surface area contributed by atoms with Gasteiger partial charge in [0.15, 0.2) is 17.1 Å². The van der Waals surface area contributed by atoms with Crippen LogP contribution in [0.5, 0.6) is 0 Å². The van der Waals surface area contributed by atoms with Crippen LogP contribution in [0.1, 0.15) is 11.6 Å². The molecule has 0 aliphatic carbocycles. The van der Waals surface area contributed by atoms with E-state index in [1.54, 1.807) is 10.9 Å². The van der Waals surface area contributed by atoms with Crippen molar-refractivity contribution in [3.63, 3.8) is 0 Å². The highest BCUT2D eigenvalue weighted by Gasteiger charge is 2.14. The van der Waals surface area contributed by atoms with Crippen molar-refractivity contribution in [2.24, 2.45) is 0 Å². The molecule has 0 fully saturated rings. The van der Waals surface area contributed by atoms with Crippen LogP contribution in [0.4, 0.5) is 5.82 Å². The van der Waals surface area contributed by atoms with Crippen molar-refractivity contribution in [3.05, 3.63) is 71.5 Å². The summed E-state index contributed by atoms with van der Waals surface area (Å²) in [6, 6.07) is 13.3. The molecule has 1 aromatic carbocycles. The Balaban J connectivity index is 1.53. The van der Waals surface area contributed by atoms with Crippen molar-refractivity contribution in [1.29, 1.82) is 0 Å². The monoisotopic (exact) mass is 390 g/mol. The summed E-state index contributed by atoms with van der Waals surface area (Å²) in [4.78, 5) is 9.12. The van der Waals surface area contributed by atoms with Gasteiger partial charge in [-0.3, -0.25) is 4.40 Å². The van der Waals surface area contributed by atoms with Gasteiger partial charge in [0, 0.05) is 11.2 Å². The Morgan fingerprint density at radius 2 is 2.00 bits per heavy atom. The second-order valence-corrected chi connectivity index (χ2v) is 6.73. The first-order valence-electron chi connectivity index (χ1n) is 8.70. The van der Waals surface area contributed by atoms with Gasteiger partial charge in [-0.1, -0.05) is 23.7 Å². The third kappa shape index (κ3) is 2.84. The molecule has 0 bridgehead atoms. The molecule has 8 nitrogen and oxygen atoms in total.